The molecule has 1 aliphatic heterocycles. The van der Waals surface area contributed by atoms with Gasteiger partial charge in [0.1, 0.15) is 28.3 Å². The highest BCUT2D eigenvalue weighted by Crippen LogP contribution is 2.40. The third-order valence-electron chi connectivity index (χ3n) is 3.66. The summed E-state index contributed by atoms with van der Waals surface area (Å²) in [5, 5.41) is 31.3. The molecule has 1 saturated carbocycles. The molecule has 0 saturated heterocycles. The van der Waals surface area contributed by atoms with Crippen LogP contribution in [0.2, 0.25) is 0 Å². The van der Waals surface area contributed by atoms with E-state index < -0.39 is 11.5 Å². The lowest BCUT2D eigenvalue weighted by atomic mass is 9.70. The van der Waals surface area contributed by atoms with Gasteiger partial charge in [0, 0.05) is 0 Å². The molecule has 2 N–H and O–H groups in total. The standard InChI is InChI=1S/C12H13N3OS/c13-6-8-10(16)9(7-14)12(15-11(8)17)4-2-1-3-5-12/h9,16H,1-5H2,(H,15,17). The lowest BCUT2D eigenvalue weighted by Crippen LogP contribution is -2.58. The largest absolute Gasteiger partial charge is 0.509 e. The first-order chi connectivity index (χ1) is 8.14. The molecule has 1 fully saturated rings. The fraction of sp³-hybridized carbons (Fsp3) is 0.583. The highest BCUT2D eigenvalue weighted by atomic mass is 32.1. The maximum atomic E-state index is 10.0. The van der Waals surface area contributed by atoms with Crippen molar-refractivity contribution in [3.05, 3.63) is 11.3 Å². The van der Waals surface area contributed by atoms with Crippen molar-refractivity contribution in [1.29, 1.82) is 10.5 Å². The summed E-state index contributed by atoms with van der Waals surface area (Å²) in [6, 6.07) is 3.98. The zero-order valence-electron chi connectivity index (χ0n) is 9.36. The fourth-order valence-corrected chi connectivity index (χ4v) is 3.13. The van der Waals surface area contributed by atoms with Gasteiger partial charge in [-0.3, -0.25) is 0 Å². The second-order valence-corrected chi connectivity index (χ2v) is 5.01. The number of nitrogens with zero attached hydrogens (tertiary/aromatic N) is 2. The molecule has 0 radical (unpaired) electrons. The van der Waals surface area contributed by atoms with Gasteiger partial charge in [-0.05, 0) is 12.8 Å². The van der Waals surface area contributed by atoms with Gasteiger partial charge in [0.25, 0.3) is 0 Å². The summed E-state index contributed by atoms with van der Waals surface area (Å²) in [6.07, 6.45) is 4.80. The molecular formula is C12H13N3OS. The number of nitrogens with one attached hydrogen (secondary N) is 1. The predicted molar refractivity (Wildman–Crippen MR) is 65.9 cm³/mol. The normalized spacial score (nSPS) is 27.2. The van der Waals surface area contributed by atoms with E-state index in [-0.39, 0.29) is 16.3 Å². The maximum absolute atomic E-state index is 10.0. The Hall–Kier alpha value is -1.59. The van der Waals surface area contributed by atoms with E-state index >= 15 is 0 Å². The van der Waals surface area contributed by atoms with Crippen LogP contribution in [0.1, 0.15) is 32.1 Å². The summed E-state index contributed by atoms with van der Waals surface area (Å²) >= 11 is 5.10. The lowest BCUT2D eigenvalue weighted by Gasteiger charge is -2.44. The molecule has 0 aromatic heterocycles. The molecule has 2 aliphatic rings. The number of aliphatic hydroxyl groups excluding tert-OH is 1. The smallest absolute Gasteiger partial charge is 0.133 e. The average Bonchev–Trinajstić information content (AvgIpc) is 2.30. The van der Waals surface area contributed by atoms with Crippen molar-refractivity contribution in [2.45, 2.75) is 37.6 Å². The summed E-state index contributed by atoms with van der Waals surface area (Å²) in [4.78, 5) is 0.276. The van der Waals surface area contributed by atoms with E-state index in [1.807, 2.05) is 6.07 Å². The van der Waals surface area contributed by atoms with E-state index in [0.717, 1.165) is 32.1 Å². The van der Waals surface area contributed by atoms with Crippen LogP contribution in [0.25, 0.3) is 0 Å². The molecule has 1 heterocycles. The van der Waals surface area contributed by atoms with Crippen LogP contribution in [0, 0.1) is 28.6 Å². The van der Waals surface area contributed by atoms with Gasteiger partial charge in [-0.15, -0.1) is 0 Å². The first kappa shape index (κ1) is 11.9. The van der Waals surface area contributed by atoms with E-state index in [1.165, 1.54) is 0 Å². The van der Waals surface area contributed by atoms with Crippen LogP contribution >= 0.6 is 12.2 Å². The van der Waals surface area contributed by atoms with Gasteiger partial charge in [0.2, 0.25) is 0 Å². The minimum atomic E-state index is -0.663. The molecule has 1 atom stereocenters. The van der Waals surface area contributed by atoms with Crippen LogP contribution in [-0.4, -0.2) is 15.6 Å². The summed E-state index contributed by atoms with van der Waals surface area (Å²) in [6.45, 7) is 0. The number of nitriles is 2. The molecule has 5 heteroatoms. The van der Waals surface area contributed by atoms with Crippen LogP contribution < -0.4 is 5.32 Å². The van der Waals surface area contributed by atoms with Crippen molar-refractivity contribution in [3.63, 3.8) is 0 Å². The van der Waals surface area contributed by atoms with Crippen LogP contribution in [0.4, 0.5) is 0 Å². The third kappa shape index (κ3) is 1.77. The molecule has 17 heavy (non-hydrogen) atoms. The number of hydrogen-bond acceptors (Lipinski definition) is 4. The third-order valence-corrected chi connectivity index (χ3v) is 3.96. The number of aliphatic hydroxyl groups is 1. The van der Waals surface area contributed by atoms with Crippen molar-refractivity contribution in [1.82, 2.24) is 5.32 Å². The van der Waals surface area contributed by atoms with Gasteiger partial charge in [-0.2, -0.15) is 10.5 Å². The highest BCUT2D eigenvalue weighted by molar-refractivity contribution is 7.80. The molecule has 88 valence electrons. The van der Waals surface area contributed by atoms with Gasteiger partial charge in [0.15, 0.2) is 0 Å². The van der Waals surface area contributed by atoms with Crippen LogP contribution in [0.3, 0.4) is 0 Å². The van der Waals surface area contributed by atoms with E-state index in [9.17, 15) is 10.4 Å². The Labute approximate surface area is 106 Å². The van der Waals surface area contributed by atoms with E-state index in [2.05, 4.69) is 11.4 Å². The van der Waals surface area contributed by atoms with E-state index in [1.54, 1.807) is 0 Å². The monoisotopic (exact) mass is 247 g/mol. The Morgan fingerprint density at radius 2 is 1.94 bits per heavy atom. The molecule has 0 bridgehead atoms. The Kier molecular flexibility index (Phi) is 3.04. The molecule has 4 nitrogen and oxygen atoms in total. The van der Waals surface area contributed by atoms with Crippen LogP contribution in [0.15, 0.2) is 11.3 Å². The second kappa shape index (κ2) is 4.35. The fourth-order valence-electron chi connectivity index (χ4n) is 2.77. The molecule has 1 aliphatic carbocycles. The van der Waals surface area contributed by atoms with Gasteiger partial charge in [-0.25, -0.2) is 0 Å². The van der Waals surface area contributed by atoms with Crippen molar-refractivity contribution >= 4 is 17.2 Å². The number of hydrogen-bond donors (Lipinski definition) is 2. The summed E-state index contributed by atoms with van der Waals surface area (Å²) in [5.74, 6) is -0.815. The Morgan fingerprint density at radius 1 is 1.29 bits per heavy atom. The first-order valence-electron chi connectivity index (χ1n) is 5.70. The maximum Gasteiger partial charge on any atom is 0.133 e. The molecule has 0 amide bonds. The van der Waals surface area contributed by atoms with E-state index in [0.29, 0.717) is 0 Å². The van der Waals surface area contributed by atoms with Crippen molar-refractivity contribution in [2.75, 3.05) is 0 Å². The topological polar surface area (TPSA) is 79.8 Å². The van der Waals surface area contributed by atoms with Crippen molar-refractivity contribution in [2.24, 2.45) is 5.92 Å². The minimum absolute atomic E-state index is 0.0442. The molecule has 2 rings (SSSR count). The van der Waals surface area contributed by atoms with Crippen LogP contribution in [-0.2, 0) is 0 Å². The Bertz CT molecular complexity index is 463. The van der Waals surface area contributed by atoms with Crippen LogP contribution in [0.5, 0.6) is 0 Å². The quantitative estimate of drug-likeness (QED) is 0.641. The molecular weight excluding hydrogens is 234 g/mol. The summed E-state index contributed by atoms with van der Waals surface area (Å²) in [7, 11) is 0. The van der Waals surface area contributed by atoms with E-state index in [4.69, 9.17) is 17.5 Å². The zero-order chi connectivity index (χ0) is 12.5. The minimum Gasteiger partial charge on any atom is -0.509 e. The first-order valence-corrected chi connectivity index (χ1v) is 6.11. The summed E-state index contributed by atoms with van der Waals surface area (Å²) in [5.41, 5.74) is -0.420. The molecule has 1 spiro atoms. The highest BCUT2D eigenvalue weighted by Gasteiger charge is 2.47. The zero-order valence-corrected chi connectivity index (χ0v) is 10.2. The molecule has 1 unspecified atom stereocenters. The molecule has 0 aromatic rings. The Balaban J connectivity index is 2.46. The number of rotatable bonds is 0. The van der Waals surface area contributed by atoms with Crippen molar-refractivity contribution < 1.29 is 5.11 Å². The average molecular weight is 247 g/mol. The number of thiocarbonyl (C=S) groups is 1. The van der Waals surface area contributed by atoms with Gasteiger partial charge in [-0.1, -0.05) is 31.5 Å². The SMILES string of the molecule is N#CC1=C(O)C(C#N)C2(CCCCC2)NC1=S. The lowest BCUT2D eigenvalue weighted by molar-refractivity contribution is 0.180. The molecule has 0 aromatic carbocycles. The predicted octanol–water partition coefficient (Wildman–Crippen LogP) is 2.10. The van der Waals surface area contributed by atoms with Gasteiger partial charge >= 0.3 is 0 Å². The van der Waals surface area contributed by atoms with Gasteiger partial charge in [0.05, 0.1) is 11.6 Å². The van der Waals surface area contributed by atoms with Crippen molar-refractivity contribution in [3.8, 4) is 12.1 Å². The second-order valence-electron chi connectivity index (χ2n) is 4.61. The van der Waals surface area contributed by atoms with Gasteiger partial charge < -0.3 is 10.4 Å². The summed E-state index contributed by atoms with van der Waals surface area (Å²) < 4.78 is 0. The Morgan fingerprint density at radius 3 is 2.47 bits per heavy atom.